The fourth-order valence-electron chi connectivity index (χ4n) is 15.9. The molecule has 0 spiro atoms. The van der Waals surface area contributed by atoms with Crippen LogP contribution in [0.3, 0.4) is 0 Å². The lowest BCUT2D eigenvalue weighted by molar-refractivity contribution is -0.368. The van der Waals surface area contributed by atoms with Gasteiger partial charge in [0, 0.05) is 0 Å². The minimum atomic E-state index is -1.82. The second-order valence-electron chi connectivity index (χ2n) is 25.4. The first-order valence-corrected chi connectivity index (χ1v) is 26.5. The van der Waals surface area contributed by atoms with E-state index < -0.39 is 129 Å². The minimum Gasteiger partial charge on any atom is -0.432 e. The highest BCUT2D eigenvalue weighted by Crippen LogP contribution is 2.76. The Morgan fingerprint density at radius 3 is 1.93 bits per heavy atom. The molecule has 4 saturated heterocycles. The van der Waals surface area contributed by atoms with Gasteiger partial charge in [-0.05, 0) is 116 Å². The molecule has 0 radical (unpaired) electrons. The van der Waals surface area contributed by atoms with Crippen LogP contribution in [-0.4, -0.2) is 199 Å². The minimum absolute atomic E-state index is 0.0958. The molecular formula is C52H84O20. The van der Waals surface area contributed by atoms with E-state index in [2.05, 4.69) is 54.5 Å². The van der Waals surface area contributed by atoms with E-state index in [0.29, 0.717) is 19.3 Å². The number of aliphatic hydroxyl groups is 11. The van der Waals surface area contributed by atoms with Gasteiger partial charge in [-0.1, -0.05) is 60.1 Å². The lowest BCUT2D eigenvalue weighted by atomic mass is 9.33. The van der Waals surface area contributed by atoms with E-state index in [1.54, 1.807) is 0 Å². The molecule has 5 aliphatic carbocycles. The standard InChI is InChI=1S/C52H84O20/c1-23-40(70-42-37(61)32(56)26(54)21-65-42)36(60)39(63)43(67-23)71-41-33(57)27(55)22-66-45(41)72-46(64)52-17-15-47(2,3)19-25(52)24-9-10-30-49(6)13-12-31(69-44-38(62)35(59)34(58)28(20-53)68-44)48(4,5)29(49)11-14-51(30,8)50(24,7)16-18-52/h9,23,25-45,53-63H,10-22H2,1-8H3/t23-,25-,26+,27+,28+,29-,30+,31-,32-,33-,34+,35-,36-,37+,38-,39+,40-,41+,42-,43+,44-,45-,49-,50+,51+,52-/m0/s1. The molecule has 0 aromatic carbocycles. The van der Waals surface area contributed by atoms with Gasteiger partial charge < -0.3 is 94.1 Å². The Hall–Kier alpha value is -1.51. The van der Waals surface area contributed by atoms with Gasteiger partial charge in [-0.25, -0.2) is 0 Å². The van der Waals surface area contributed by atoms with E-state index in [9.17, 15) is 56.2 Å². The van der Waals surface area contributed by atoms with E-state index in [1.807, 2.05) is 0 Å². The number of allylic oxidation sites excluding steroid dienone is 2. The van der Waals surface area contributed by atoms with E-state index in [-0.39, 0.29) is 64.1 Å². The number of rotatable bonds is 9. The molecule has 0 bridgehead atoms. The first kappa shape index (κ1) is 55.3. The van der Waals surface area contributed by atoms with Crippen molar-refractivity contribution in [3.05, 3.63) is 11.6 Å². The van der Waals surface area contributed by atoms with Crippen molar-refractivity contribution in [1.82, 2.24) is 0 Å². The summed E-state index contributed by atoms with van der Waals surface area (Å²) in [6.45, 7) is 16.4. The summed E-state index contributed by atoms with van der Waals surface area (Å²) in [6.07, 6.45) is -17.0. The summed E-state index contributed by atoms with van der Waals surface area (Å²) < 4.78 is 47.8. The van der Waals surface area contributed by atoms with Crippen LogP contribution in [-0.2, 0) is 42.7 Å². The first-order chi connectivity index (χ1) is 33.7. The normalized spacial score (nSPS) is 54.2. The van der Waals surface area contributed by atoms with Crippen LogP contribution in [0.15, 0.2) is 11.6 Å². The Morgan fingerprint density at radius 1 is 0.625 bits per heavy atom. The largest absolute Gasteiger partial charge is 0.432 e. The lowest BCUT2D eigenvalue weighted by Gasteiger charge is -2.71. The molecule has 8 fully saturated rings. The summed E-state index contributed by atoms with van der Waals surface area (Å²) in [4.78, 5) is 15.2. The zero-order chi connectivity index (χ0) is 52.4. The first-order valence-electron chi connectivity index (χ1n) is 26.5. The average molecular weight is 1030 g/mol. The quantitative estimate of drug-likeness (QED) is 0.0839. The van der Waals surface area contributed by atoms with Gasteiger partial charge in [-0.15, -0.1) is 0 Å². The Balaban J connectivity index is 0.928. The van der Waals surface area contributed by atoms with Gasteiger partial charge in [-0.2, -0.15) is 0 Å². The monoisotopic (exact) mass is 1030 g/mol. The molecular weight excluding hydrogens is 945 g/mol. The maximum Gasteiger partial charge on any atom is 0.315 e. The van der Waals surface area contributed by atoms with Gasteiger partial charge >= 0.3 is 5.97 Å². The SMILES string of the molecule is C[C@@H]1O[C@H](O[C@H]2[C@H](OC(=O)[C@]34CCC(C)(C)C[C@H]3C3=CC[C@@H]5[C@@]6(C)CC[C@H](O[C@@H]7O[C@H](CO)[C@@H](O)[C@H](O)[C@@H]7O)C(C)(C)[C@@H]6CC[C@@]5(C)[C@]3(C)CC4)OC[C@@H](O)[C@@H]2O)[C@H](O)[C@H](O)[C@H]1O[C@@H]1OC[C@@H](O)[C@H](O)[C@H]1O. The molecule has 20 heteroatoms. The van der Waals surface area contributed by atoms with Crippen molar-refractivity contribution in [3.8, 4) is 0 Å². The zero-order valence-electron chi connectivity index (χ0n) is 43.1. The molecule has 4 saturated carbocycles. The van der Waals surface area contributed by atoms with Gasteiger partial charge in [0.1, 0.15) is 73.2 Å². The summed E-state index contributed by atoms with van der Waals surface area (Å²) in [7, 11) is 0. The number of aliphatic hydroxyl groups excluding tert-OH is 11. The molecule has 20 nitrogen and oxygen atoms in total. The van der Waals surface area contributed by atoms with E-state index >= 15 is 4.79 Å². The van der Waals surface area contributed by atoms with Gasteiger partial charge in [0.15, 0.2) is 25.0 Å². The van der Waals surface area contributed by atoms with Crippen LogP contribution < -0.4 is 0 Å². The fraction of sp³-hybridized carbons (Fsp3) is 0.942. The summed E-state index contributed by atoms with van der Waals surface area (Å²) in [5.74, 6) is -0.160. The molecule has 4 aliphatic heterocycles. The third kappa shape index (κ3) is 8.87. The third-order valence-electron chi connectivity index (χ3n) is 20.6. The van der Waals surface area contributed by atoms with E-state index in [4.69, 9.17) is 37.9 Å². The Labute approximate surface area is 421 Å². The molecule has 4 heterocycles. The Kier molecular flexibility index (Phi) is 15.2. The van der Waals surface area contributed by atoms with Crippen LogP contribution in [0.5, 0.6) is 0 Å². The molecule has 9 aliphatic rings. The molecule has 0 unspecified atom stereocenters. The molecule has 26 atom stereocenters. The second kappa shape index (κ2) is 19.7. The van der Waals surface area contributed by atoms with Gasteiger partial charge in [0.05, 0.1) is 37.4 Å². The molecule has 0 aromatic rings. The Morgan fingerprint density at radius 2 is 1.24 bits per heavy atom. The maximum absolute atomic E-state index is 15.2. The molecule has 9 rings (SSSR count). The van der Waals surface area contributed by atoms with Crippen LogP contribution in [0, 0.1) is 50.2 Å². The third-order valence-corrected chi connectivity index (χ3v) is 20.6. The number of fused-ring (bicyclic) bond motifs is 7. The predicted molar refractivity (Wildman–Crippen MR) is 249 cm³/mol. The van der Waals surface area contributed by atoms with Crippen molar-refractivity contribution < 1.29 is 98.9 Å². The van der Waals surface area contributed by atoms with Crippen molar-refractivity contribution in [2.75, 3.05) is 19.8 Å². The number of carbonyl (C=O) groups excluding carboxylic acids is 1. The van der Waals surface area contributed by atoms with Crippen molar-refractivity contribution in [2.24, 2.45) is 50.2 Å². The summed E-state index contributed by atoms with van der Waals surface area (Å²) in [6, 6.07) is 0. The number of carbonyl (C=O) groups is 1. The topological polar surface area (TPSA) is 313 Å². The fourth-order valence-corrected chi connectivity index (χ4v) is 15.9. The van der Waals surface area contributed by atoms with E-state index in [0.717, 1.165) is 44.9 Å². The Bertz CT molecular complexity index is 1990. The number of hydrogen-bond acceptors (Lipinski definition) is 20. The molecule has 412 valence electrons. The molecule has 0 amide bonds. The zero-order valence-corrected chi connectivity index (χ0v) is 43.1. The smallest absolute Gasteiger partial charge is 0.315 e. The molecule has 72 heavy (non-hydrogen) atoms. The second-order valence-corrected chi connectivity index (χ2v) is 25.4. The highest BCUT2D eigenvalue weighted by atomic mass is 16.8. The van der Waals surface area contributed by atoms with Crippen LogP contribution >= 0.6 is 0 Å². The predicted octanol–water partition coefficient (Wildman–Crippen LogP) is 0.271. The van der Waals surface area contributed by atoms with Crippen molar-refractivity contribution in [2.45, 2.75) is 236 Å². The lowest BCUT2D eigenvalue weighted by Crippen LogP contribution is -2.66. The van der Waals surface area contributed by atoms with Crippen LogP contribution in [0.1, 0.15) is 120 Å². The van der Waals surface area contributed by atoms with E-state index in [1.165, 1.54) is 12.5 Å². The highest BCUT2D eigenvalue weighted by Gasteiger charge is 2.70. The van der Waals surface area contributed by atoms with Gasteiger partial charge in [0.2, 0.25) is 6.29 Å². The molecule has 0 aromatic heterocycles. The average Bonchev–Trinajstić information content (AvgIpc) is 3.32. The van der Waals surface area contributed by atoms with Gasteiger partial charge in [0.25, 0.3) is 0 Å². The maximum atomic E-state index is 15.2. The van der Waals surface area contributed by atoms with Crippen LogP contribution in [0.25, 0.3) is 0 Å². The number of ether oxygens (including phenoxy) is 8. The summed E-state index contributed by atoms with van der Waals surface area (Å²) >= 11 is 0. The summed E-state index contributed by atoms with van der Waals surface area (Å²) in [5, 5.41) is 117. The van der Waals surface area contributed by atoms with Crippen LogP contribution in [0.2, 0.25) is 0 Å². The van der Waals surface area contributed by atoms with Crippen LogP contribution in [0.4, 0.5) is 0 Å². The number of esters is 1. The summed E-state index contributed by atoms with van der Waals surface area (Å²) in [5.41, 5.74) is -0.664. The number of hydrogen-bond donors (Lipinski definition) is 11. The van der Waals surface area contributed by atoms with Crippen molar-refractivity contribution in [1.29, 1.82) is 0 Å². The van der Waals surface area contributed by atoms with Crippen molar-refractivity contribution >= 4 is 5.97 Å². The van der Waals surface area contributed by atoms with Gasteiger partial charge in [-0.3, -0.25) is 4.79 Å². The molecule has 11 N–H and O–H groups in total. The highest BCUT2D eigenvalue weighted by molar-refractivity contribution is 5.79. The van der Waals surface area contributed by atoms with Crippen molar-refractivity contribution in [3.63, 3.8) is 0 Å².